The quantitative estimate of drug-likeness (QED) is 0.887. The van der Waals surface area contributed by atoms with Gasteiger partial charge in [0.05, 0.1) is 7.11 Å². The molecule has 0 saturated carbocycles. The van der Waals surface area contributed by atoms with Crippen molar-refractivity contribution in [2.75, 3.05) is 13.7 Å². The zero-order valence-electron chi connectivity index (χ0n) is 10.8. The largest absolute Gasteiger partial charge is 0.497 e. The molecule has 0 aromatic heterocycles. The molecule has 0 amide bonds. The predicted octanol–water partition coefficient (Wildman–Crippen LogP) is 2.05. The molecule has 1 saturated heterocycles. The lowest BCUT2D eigenvalue weighted by atomic mass is 10.1. The van der Waals surface area contributed by atoms with Crippen molar-refractivity contribution in [3.63, 3.8) is 0 Å². The molecule has 1 aromatic carbocycles. The number of hydrogen-bond acceptors (Lipinski definition) is 3. The van der Waals surface area contributed by atoms with Crippen LogP contribution in [-0.4, -0.2) is 35.7 Å². The lowest BCUT2D eigenvalue weighted by Gasteiger charge is -2.21. The molecule has 0 spiro atoms. The fourth-order valence-corrected chi connectivity index (χ4v) is 2.56. The number of hydrogen-bond donors (Lipinski definition) is 1. The van der Waals surface area contributed by atoms with Gasteiger partial charge < -0.3 is 9.84 Å². The number of likely N-dealkylation sites (tertiary alicyclic amines) is 1. The number of nitrogens with zero attached hydrogens (tertiary/aromatic N) is 1. The zero-order chi connectivity index (χ0) is 13.1. The van der Waals surface area contributed by atoms with Crippen molar-refractivity contribution in [3.8, 4) is 5.75 Å². The molecule has 1 aromatic rings. The summed E-state index contributed by atoms with van der Waals surface area (Å²) in [4.78, 5) is 13.2. The number of benzene rings is 1. The van der Waals surface area contributed by atoms with Crippen LogP contribution in [-0.2, 0) is 11.3 Å². The topological polar surface area (TPSA) is 49.8 Å². The number of aryl methyl sites for hydroxylation is 1. The van der Waals surface area contributed by atoms with Crippen molar-refractivity contribution < 1.29 is 14.6 Å². The highest BCUT2D eigenvalue weighted by Gasteiger charge is 2.30. The van der Waals surface area contributed by atoms with Gasteiger partial charge in [0, 0.05) is 6.54 Å². The summed E-state index contributed by atoms with van der Waals surface area (Å²) in [5.74, 6) is 0.114. The number of aliphatic carboxylic acids is 1. The molecule has 1 unspecified atom stereocenters. The Morgan fingerprint density at radius 2 is 2.28 bits per heavy atom. The summed E-state index contributed by atoms with van der Waals surface area (Å²) in [6.45, 7) is 3.55. The van der Waals surface area contributed by atoms with E-state index in [1.54, 1.807) is 7.11 Å². The van der Waals surface area contributed by atoms with Gasteiger partial charge in [0.2, 0.25) is 0 Å². The first-order valence-electron chi connectivity index (χ1n) is 6.21. The van der Waals surface area contributed by atoms with Crippen LogP contribution in [0.1, 0.15) is 24.0 Å². The Hall–Kier alpha value is -1.55. The van der Waals surface area contributed by atoms with E-state index in [2.05, 4.69) is 6.07 Å². The molecule has 1 heterocycles. The molecular weight excluding hydrogens is 230 g/mol. The average molecular weight is 249 g/mol. The number of carboxylic acid groups (broad SMARTS) is 1. The van der Waals surface area contributed by atoms with Gasteiger partial charge in [-0.1, -0.05) is 6.07 Å². The van der Waals surface area contributed by atoms with Gasteiger partial charge in [-0.25, -0.2) is 0 Å². The molecular formula is C14H19NO3. The van der Waals surface area contributed by atoms with Crippen LogP contribution in [0.4, 0.5) is 0 Å². The van der Waals surface area contributed by atoms with Gasteiger partial charge in [0.25, 0.3) is 0 Å². The number of carboxylic acids is 1. The van der Waals surface area contributed by atoms with Crippen LogP contribution in [0.15, 0.2) is 18.2 Å². The van der Waals surface area contributed by atoms with Gasteiger partial charge in [-0.15, -0.1) is 0 Å². The first kappa shape index (κ1) is 12.9. The van der Waals surface area contributed by atoms with E-state index in [9.17, 15) is 4.79 Å². The second kappa shape index (κ2) is 5.40. The molecule has 0 aliphatic carbocycles. The van der Waals surface area contributed by atoms with Crippen LogP contribution in [0.2, 0.25) is 0 Å². The third kappa shape index (κ3) is 2.82. The van der Waals surface area contributed by atoms with Gasteiger partial charge in [0.15, 0.2) is 0 Å². The van der Waals surface area contributed by atoms with E-state index in [4.69, 9.17) is 9.84 Å². The third-order valence-electron chi connectivity index (χ3n) is 3.38. The molecule has 1 aliphatic rings. The van der Waals surface area contributed by atoms with E-state index in [0.29, 0.717) is 6.54 Å². The highest BCUT2D eigenvalue weighted by molar-refractivity contribution is 5.73. The number of carbonyl (C=O) groups is 1. The molecule has 18 heavy (non-hydrogen) atoms. The van der Waals surface area contributed by atoms with Gasteiger partial charge >= 0.3 is 5.97 Å². The van der Waals surface area contributed by atoms with Crippen LogP contribution >= 0.6 is 0 Å². The Labute approximate surface area is 107 Å². The van der Waals surface area contributed by atoms with Crippen LogP contribution in [0.5, 0.6) is 5.75 Å². The first-order valence-corrected chi connectivity index (χ1v) is 6.21. The van der Waals surface area contributed by atoms with Crippen LogP contribution < -0.4 is 4.74 Å². The van der Waals surface area contributed by atoms with Crippen molar-refractivity contribution in [3.05, 3.63) is 29.3 Å². The van der Waals surface area contributed by atoms with Gasteiger partial charge in [0.1, 0.15) is 11.8 Å². The second-order valence-electron chi connectivity index (χ2n) is 4.83. The maximum atomic E-state index is 11.1. The van der Waals surface area contributed by atoms with Crippen LogP contribution in [0.25, 0.3) is 0 Å². The molecule has 1 atom stereocenters. The summed E-state index contributed by atoms with van der Waals surface area (Å²) in [5.41, 5.74) is 2.25. The SMILES string of the molecule is COc1cc(C)cc(CN2CCCC2C(=O)O)c1. The molecule has 4 nitrogen and oxygen atoms in total. The van der Waals surface area contributed by atoms with E-state index < -0.39 is 5.97 Å². The van der Waals surface area contributed by atoms with Crippen molar-refractivity contribution in [2.45, 2.75) is 32.4 Å². The summed E-state index contributed by atoms with van der Waals surface area (Å²) in [6.07, 6.45) is 1.71. The summed E-state index contributed by atoms with van der Waals surface area (Å²) >= 11 is 0. The maximum absolute atomic E-state index is 11.1. The fourth-order valence-electron chi connectivity index (χ4n) is 2.56. The Morgan fingerprint density at radius 1 is 1.50 bits per heavy atom. The molecule has 4 heteroatoms. The van der Waals surface area contributed by atoms with Crippen molar-refractivity contribution in [1.82, 2.24) is 4.90 Å². The zero-order valence-corrected chi connectivity index (χ0v) is 10.8. The molecule has 1 aliphatic heterocycles. The molecule has 0 bridgehead atoms. The summed E-state index contributed by atoms with van der Waals surface area (Å²) < 4.78 is 5.24. The van der Waals surface area contributed by atoms with Gasteiger partial charge in [-0.2, -0.15) is 0 Å². The predicted molar refractivity (Wildman–Crippen MR) is 68.8 cm³/mol. The second-order valence-corrected chi connectivity index (χ2v) is 4.83. The molecule has 1 N–H and O–H groups in total. The first-order chi connectivity index (χ1) is 8.60. The third-order valence-corrected chi connectivity index (χ3v) is 3.38. The number of rotatable bonds is 4. The fraction of sp³-hybridized carbons (Fsp3) is 0.500. The molecule has 98 valence electrons. The monoisotopic (exact) mass is 249 g/mol. The number of ether oxygens (including phenoxy) is 1. The minimum absolute atomic E-state index is 0.337. The summed E-state index contributed by atoms with van der Waals surface area (Å²) in [7, 11) is 1.65. The average Bonchev–Trinajstić information content (AvgIpc) is 2.76. The van der Waals surface area contributed by atoms with Crippen LogP contribution in [0, 0.1) is 6.92 Å². The van der Waals surface area contributed by atoms with Gasteiger partial charge in [-0.3, -0.25) is 9.69 Å². The normalized spacial score (nSPS) is 20.0. The van der Waals surface area contributed by atoms with Crippen molar-refractivity contribution >= 4 is 5.97 Å². The highest BCUT2D eigenvalue weighted by Crippen LogP contribution is 2.23. The molecule has 2 rings (SSSR count). The van der Waals surface area contributed by atoms with Crippen molar-refractivity contribution in [1.29, 1.82) is 0 Å². The van der Waals surface area contributed by atoms with E-state index in [-0.39, 0.29) is 6.04 Å². The Kier molecular flexibility index (Phi) is 3.87. The summed E-state index contributed by atoms with van der Waals surface area (Å²) in [6, 6.07) is 5.70. The Morgan fingerprint density at radius 3 is 2.94 bits per heavy atom. The lowest BCUT2D eigenvalue weighted by molar-refractivity contribution is -0.142. The summed E-state index contributed by atoms with van der Waals surface area (Å²) in [5, 5.41) is 9.15. The molecule has 0 radical (unpaired) electrons. The smallest absolute Gasteiger partial charge is 0.320 e. The number of methoxy groups -OCH3 is 1. The van der Waals surface area contributed by atoms with Crippen LogP contribution in [0.3, 0.4) is 0 Å². The minimum Gasteiger partial charge on any atom is -0.497 e. The van der Waals surface area contributed by atoms with E-state index in [1.165, 1.54) is 0 Å². The maximum Gasteiger partial charge on any atom is 0.320 e. The Balaban J connectivity index is 2.13. The van der Waals surface area contributed by atoms with E-state index in [1.807, 2.05) is 24.0 Å². The molecule has 1 fully saturated rings. The minimum atomic E-state index is -0.716. The lowest BCUT2D eigenvalue weighted by Crippen LogP contribution is -2.35. The van der Waals surface area contributed by atoms with Crippen molar-refractivity contribution in [2.24, 2.45) is 0 Å². The van der Waals surface area contributed by atoms with E-state index in [0.717, 1.165) is 36.3 Å². The van der Waals surface area contributed by atoms with E-state index >= 15 is 0 Å². The Bertz CT molecular complexity index is 445. The highest BCUT2D eigenvalue weighted by atomic mass is 16.5. The van der Waals surface area contributed by atoms with Gasteiger partial charge in [-0.05, 0) is 49.6 Å². The standard InChI is InChI=1S/C14H19NO3/c1-10-6-11(8-12(7-10)18-2)9-15-5-3-4-13(15)14(16)17/h6-8,13H,3-5,9H2,1-2H3,(H,16,17).